The molecule has 5 nitrogen and oxygen atoms in total. The fourth-order valence-electron chi connectivity index (χ4n) is 2.18. The Bertz CT molecular complexity index is 767. The smallest absolute Gasteiger partial charge is 0.274 e. The minimum Gasteiger partial charge on any atom is -0.355 e. The number of carbonyl (C=O) groups is 1. The van der Waals surface area contributed by atoms with Gasteiger partial charge in [-0.15, -0.1) is 0 Å². The van der Waals surface area contributed by atoms with Gasteiger partial charge in [-0.2, -0.15) is 0 Å². The molecule has 0 spiro atoms. The van der Waals surface area contributed by atoms with Crippen molar-refractivity contribution >= 4 is 5.91 Å². The van der Waals surface area contributed by atoms with Crippen molar-refractivity contribution in [3.05, 3.63) is 71.7 Å². The predicted molar refractivity (Wildman–Crippen MR) is 82.1 cm³/mol. The van der Waals surface area contributed by atoms with Crippen molar-refractivity contribution in [3.63, 3.8) is 0 Å². The van der Waals surface area contributed by atoms with Gasteiger partial charge in [0.1, 0.15) is 0 Å². The molecule has 0 saturated heterocycles. The summed E-state index contributed by atoms with van der Waals surface area (Å²) in [6.07, 6.45) is 3.41. The van der Waals surface area contributed by atoms with E-state index in [1.165, 1.54) is 0 Å². The number of amides is 1. The van der Waals surface area contributed by atoms with E-state index in [1.54, 1.807) is 12.4 Å². The zero-order valence-electron chi connectivity index (χ0n) is 12.1. The maximum absolute atomic E-state index is 12.2. The quantitative estimate of drug-likeness (QED) is 0.803. The van der Waals surface area contributed by atoms with Crippen LogP contribution < -0.4 is 5.32 Å². The number of pyridine rings is 1. The highest BCUT2D eigenvalue weighted by Crippen LogP contribution is 2.25. The van der Waals surface area contributed by atoms with Crippen LogP contribution in [-0.4, -0.2) is 16.0 Å². The first-order valence-corrected chi connectivity index (χ1v) is 6.94. The molecular weight excluding hydrogens is 278 g/mol. The predicted octanol–water partition coefficient (Wildman–Crippen LogP) is 2.98. The Morgan fingerprint density at radius 3 is 2.73 bits per heavy atom. The number of hydrogen-bond donors (Lipinski definition) is 1. The Morgan fingerprint density at radius 1 is 1.18 bits per heavy atom. The third kappa shape index (κ3) is 2.88. The third-order valence-electron chi connectivity index (χ3n) is 3.35. The van der Waals surface area contributed by atoms with Gasteiger partial charge >= 0.3 is 0 Å². The van der Waals surface area contributed by atoms with E-state index >= 15 is 0 Å². The molecule has 0 atom stereocenters. The zero-order valence-corrected chi connectivity index (χ0v) is 12.1. The van der Waals surface area contributed by atoms with Gasteiger partial charge in [0.2, 0.25) is 0 Å². The molecule has 0 aliphatic carbocycles. The van der Waals surface area contributed by atoms with E-state index in [2.05, 4.69) is 15.5 Å². The van der Waals surface area contributed by atoms with Gasteiger partial charge in [0.05, 0.1) is 0 Å². The first kappa shape index (κ1) is 14.0. The fourth-order valence-corrected chi connectivity index (χ4v) is 2.18. The Balaban J connectivity index is 1.75. The van der Waals surface area contributed by atoms with Crippen LogP contribution in [0.4, 0.5) is 0 Å². The van der Waals surface area contributed by atoms with Crippen LogP contribution in [0.15, 0.2) is 59.4 Å². The lowest BCUT2D eigenvalue weighted by Gasteiger charge is -2.03. The van der Waals surface area contributed by atoms with E-state index in [-0.39, 0.29) is 5.91 Å². The second-order valence-electron chi connectivity index (χ2n) is 4.90. The van der Waals surface area contributed by atoms with Crippen LogP contribution in [0.1, 0.15) is 21.6 Å². The summed E-state index contributed by atoms with van der Waals surface area (Å²) in [7, 11) is 0. The summed E-state index contributed by atoms with van der Waals surface area (Å²) in [6, 6.07) is 13.3. The largest absolute Gasteiger partial charge is 0.355 e. The van der Waals surface area contributed by atoms with Crippen molar-refractivity contribution in [1.82, 2.24) is 15.5 Å². The number of nitrogens with one attached hydrogen (secondary N) is 1. The lowest BCUT2D eigenvalue weighted by molar-refractivity contribution is 0.0941. The molecule has 2 aromatic heterocycles. The summed E-state index contributed by atoms with van der Waals surface area (Å²) in [5.74, 6) is 0.361. The van der Waals surface area contributed by atoms with Gasteiger partial charge in [0.25, 0.3) is 5.91 Å². The van der Waals surface area contributed by atoms with Crippen molar-refractivity contribution in [2.45, 2.75) is 13.5 Å². The van der Waals surface area contributed by atoms with Crippen LogP contribution in [0, 0.1) is 6.92 Å². The first-order valence-electron chi connectivity index (χ1n) is 6.94. The molecule has 0 fully saturated rings. The van der Waals surface area contributed by atoms with Crippen molar-refractivity contribution in [2.75, 3.05) is 0 Å². The monoisotopic (exact) mass is 293 g/mol. The van der Waals surface area contributed by atoms with Gasteiger partial charge in [0.15, 0.2) is 11.5 Å². The molecule has 110 valence electrons. The van der Waals surface area contributed by atoms with Crippen LogP contribution in [0.25, 0.3) is 11.3 Å². The Hall–Kier alpha value is -2.95. The van der Waals surface area contributed by atoms with Crippen LogP contribution in [0.5, 0.6) is 0 Å². The standard InChI is InChI=1S/C17H15N3O2/c1-12-15(17(21)19-11-13-6-5-9-18-10-13)20-22-16(12)14-7-3-2-4-8-14/h2-10H,11H2,1H3,(H,19,21). The SMILES string of the molecule is Cc1c(C(=O)NCc2cccnc2)noc1-c1ccccc1. The molecule has 0 radical (unpaired) electrons. The molecule has 1 amide bonds. The number of aromatic nitrogens is 2. The van der Waals surface area contributed by atoms with Crippen molar-refractivity contribution in [1.29, 1.82) is 0 Å². The molecule has 0 bridgehead atoms. The highest BCUT2D eigenvalue weighted by molar-refractivity contribution is 5.94. The van der Waals surface area contributed by atoms with Gasteiger partial charge in [-0.1, -0.05) is 41.6 Å². The molecule has 0 saturated carbocycles. The number of carbonyl (C=O) groups excluding carboxylic acids is 1. The molecule has 1 N–H and O–H groups in total. The summed E-state index contributed by atoms with van der Waals surface area (Å²) in [5.41, 5.74) is 2.87. The van der Waals surface area contributed by atoms with E-state index in [4.69, 9.17) is 4.52 Å². The molecule has 3 rings (SSSR count). The third-order valence-corrected chi connectivity index (χ3v) is 3.35. The van der Waals surface area contributed by atoms with Gasteiger partial charge in [-0.05, 0) is 18.6 Å². The molecular formula is C17H15N3O2. The fraction of sp³-hybridized carbons (Fsp3) is 0.118. The average Bonchev–Trinajstić information content (AvgIpc) is 2.96. The summed E-state index contributed by atoms with van der Waals surface area (Å²) in [4.78, 5) is 16.2. The van der Waals surface area contributed by atoms with Gasteiger partial charge < -0.3 is 9.84 Å². The molecule has 5 heteroatoms. The van der Waals surface area contributed by atoms with E-state index < -0.39 is 0 Å². The van der Waals surface area contributed by atoms with Crippen molar-refractivity contribution < 1.29 is 9.32 Å². The van der Waals surface area contributed by atoms with Crippen LogP contribution in [0.3, 0.4) is 0 Å². The molecule has 0 aliphatic heterocycles. The summed E-state index contributed by atoms with van der Waals surface area (Å²) in [6.45, 7) is 2.23. The number of benzene rings is 1. The van der Waals surface area contributed by atoms with Crippen LogP contribution in [0.2, 0.25) is 0 Å². The lowest BCUT2D eigenvalue weighted by Crippen LogP contribution is -2.23. The molecule has 0 unspecified atom stereocenters. The van der Waals surface area contributed by atoms with Gasteiger partial charge in [0, 0.05) is 30.1 Å². The molecule has 0 aliphatic rings. The maximum atomic E-state index is 12.2. The maximum Gasteiger partial charge on any atom is 0.274 e. The minimum absolute atomic E-state index is 0.257. The number of rotatable bonds is 4. The molecule has 2 heterocycles. The first-order chi connectivity index (χ1) is 10.8. The Labute approximate surface area is 128 Å². The topological polar surface area (TPSA) is 68.0 Å². The lowest BCUT2D eigenvalue weighted by atomic mass is 10.1. The second-order valence-corrected chi connectivity index (χ2v) is 4.90. The van der Waals surface area contributed by atoms with Gasteiger partial charge in [-0.3, -0.25) is 9.78 Å². The number of nitrogens with zero attached hydrogens (tertiary/aromatic N) is 2. The Kier molecular flexibility index (Phi) is 3.96. The highest BCUT2D eigenvalue weighted by Gasteiger charge is 2.19. The van der Waals surface area contributed by atoms with E-state index in [0.717, 1.165) is 16.7 Å². The molecule has 3 aromatic rings. The number of hydrogen-bond acceptors (Lipinski definition) is 4. The van der Waals surface area contributed by atoms with Crippen molar-refractivity contribution in [2.24, 2.45) is 0 Å². The zero-order chi connectivity index (χ0) is 15.4. The van der Waals surface area contributed by atoms with E-state index in [1.807, 2.05) is 49.4 Å². The van der Waals surface area contributed by atoms with E-state index in [9.17, 15) is 4.79 Å². The second kappa shape index (κ2) is 6.22. The normalized spacial score (nSPS) is 10.4. The van der Waals surface area contributed by atoms with Crippen LogP contribution >= 0.6 is 0 Å². The van der Waals surface area contributed by atoms with Crippen LogP contribution in [-0.2, 0) is 6.54 Å². The molecule has 22 heavy (non-hydrogen) atoms. The van der Waals surface area contributed by atoms with Gasteiger partial charge in [-0.25, -0.2) is 0 Å². The average molecular weight is 293 g/mol. The molecule has 1 aromatic carbocycles. The summed E-state index contributed by atoms with van der Waals surface area (Å²) in [5, 5.41) is 6.72. The summed E-state index contributed by atoms with van der Waals surface area (Å²) < 4.78 is 5.33. The Morgan fingerprint density at radius 2 is 2.00 bits per heavy atom. The minimum atomic E-state index is -0.257. The van der Waals surface area contributed by atoms with E-state index in [0.29, 0.717) is 18.0 Å². The highest BCUT2D eigenvalue weighted by atomic mass is 16.5. The summed E-state index contributed by atoms with van der Waals surface area (Å²) >= 11 is 0. The van der Waals surface area contributed by atoms with Crippen molar-refractivity contribution in [3.8, 4) is 11.3 Å².